The van der Waals surface area contributed by atoms with Crippen LogP contribution in [-0.2, 0) is 4.79 Å². The van der Waals surface area contributed by atoms with E-state index >= 15 is 0 Å². The van der Waals surface area contributed by atoms with E-state index in [1.54, 1.807) is 4.90 Å². The Balaban J connectivity index is 2.58. The Hall–Kier alpha value is -1.26. The third-order valence-electron chi connectivity index (χ3n) is 3.69. The molecule has 0 radical (unpaired) electrons. The van der Waals surface area contributed by atoms with Crippen LogP contribution in [0.15, 0.2) is 0 Å². The van der Waals surface area contributed by atoms with Crippen molar-refractivity contribution in [2.24, 2.45) is 5.41 Å². The molecule has 1 aliphatic heterocycles. The minimum Gasteiger partial charge on any atom is -0.481 e. The summed E-state index contributed by atoms with van der Waals surface area (Å²) in [7, 11) is 0. The maximum atomic E-state index is 12.1. The fraction of sp³-hybridized carbons (Fsp3) is 0.846. The second-order valence-electron chi connectivity index (χ2n) is 6.12. The summed E-state index contributed by atoms with van der Waals surface area (Å²) < 4.78 is 0. The molecule has 0 bridgehead atoms. The standard InChI is InChI=1S/C13H24N2O3/c1-9(13(2,3)4)14-12(18)15-7-5-6-10(15)8-11(16)17/h9-10H,5-8H2,1-4H3,(H,14,18)(H,16,17). The van der Waals surface area contributed by atoms with E-state index in [4.69, 9.17) is 5.11 Å². The zero-order valence-corrected chi connectivity index (χ0v) is 11.7. The lowest BCUT2D eigenvalue weighted by Gasteiger charge is -2.31. The van der Waals surface area contributed by atoms with Crippen LogP contribution in [-0.4, -0.2) is 40.6 Å². The number of carbonyl (C=O) groups excluding carboxylic acids is 1. The summed E-state index contributed by atoms with van der Waals surface area (Å²) in [6, 6.07) is -0.244. The molecule has 104 valence electrons. The minimum atomic E-state index is -0.844. The molecule has 0 aromatic rings. The normalized spacial score (nSPS) is 21.8. The lowest BCUT2D eigenvalue weighted by molar-refractivity contribution is -0.137. The molecule has 2 N–H and O–H groups in total. The number of carboxylic acids is 1. The van der Waals surface area contributed by atoms with Gasteiger partial charge in [0.2, 0.25) is 0 Å². The van der Waals surface area contributed by atoms with Crippen molar-refractivity contribution < 1.29 is 14.7 Å². The summed E-state index contributed by atoms with van der Waals surface area (Å²) in [5, 5.41) is 11.8. The van der Waals surface area contributed by atoms with Crippen molar-refractivity contribution in [3.8, 4) is 0 Å². The van der Waals surface area contributed by atoms with Gasteiger partial charge in [-0.15, -0.1) is 0 Å². The number of carboxylic acid groups (broad SMARTS) is 1. The van der Waals surface area contributed by atoms with E-state index < -0.39 is 5.97 Å². The third-order valence-corrected chi connectivity index (χ3v) is 3.69. The molecule has 5 nitrogen and oxygen atoms in total. The van der Waals surface area contributed by atoms with Gasteiger partial charge in [0, 0.05) is 18.6 Å². The molecule has 0 spiro atoms. The smallest absolute Gasteiger partial charge is 0.317 e. The Labute approximate surface area is 109 Å². The van der Waals surface area contributed by atoms with E-state index in [0.717, 1.165) is 12.8 Å². The Morgan fingerprint density at radius 3 is 2.56 bits per heavy atom. The first-order chi connectivity index (χ1) is 8.21. The number of likely N-dealkylation sites (tertiary alicyclic amines) is 1. The van der Waals surface area contributed by atoms with Crippen LogP contribution in [0, 0.1) is 5.41 Å². The first-order valence-electron chi connectivity index (χ1n) is 6.50. The summed E-state index contributed by atoms with van der Waals surface area (Å²) in [6.45, 7) is 8.82. The molecule has 18 heavy (non-hydrogen) atoms. The zero-order chi connectivity index (χ0) is 13.9. The Morgan fingerprint density at radius 2 is 2.06 bits per heavy atom. The molecule has 0 aromatic heterocycles. The number of amides is 2. The van der Waals surface area contributed by atoms with E-state index in [1.165, 1.54) is 0 Å². The predicted molar refractivity (Wildman–Crippen MR) is 69.4 cm³/mol. The number of nitrogens with zero attached hydrogens (tertiary/aromatic N) is 1. The lowest BCUT2D eigenvalue weighted by atomic mass is 9.88. The Bertz CT molecular complexity index is 323. The summed E-state index contributed by atoms with van der Waals surface area (Å²) >= 11 is 0. The van der Waals surface area contributed by atoms with Crippen molar-refractivity contribution in [3.05, 3.63) is 0 Å². The number of hydrogen-bond donors (Lipinski definition) is 2. The van der Waals surface area contributed by atoms with Crippen molar-refractivity contribution in [1.82, 2.24) is 10.2 Å². The quantitative estimate of drug-likeness (QED) is 0.812. The van der Waals surface area contributed by atoms with Crippen molar-refractivity contribution in [2.45, 2.75) is 59.0 Å². The highest BCUT2D eigenvalue weighted by Crippen LogP contribution is 2.22. The van der Waals surface area contributed by atoms with E-state index in [0.29, 0.717) is 6.54 Å². The predicted octanol–water partition coefficient (Wildman–Crippen LogP) is 2.07. The van der Waals surface area contributed by atoms with Crippen LogP contribution in [0.1, 0.15) is 47.0 Å². The molecule has 1 heterocycles. The van der Waals surface area contributed by atoms with Gasteiger partial charge in [-0.05, 0) is 25.2 Å². The second-order valence-corrected chi connectivity index (χ2v) is 6.12. The Kier molecular flexibility index (Phi) is 4.59. The van der Waals surface area contributed by atoms with Gasteiger partial charge in [0.25, 0.3) is 0 Å². The first-order valence-corrected chi connectivity index (χ1v) is 6.50. The molecule has 0 aliphatic carbocycles. The highest BCUT2D eigenvalue weighted by atomic mass is 16.4. The minimum absolute atomic E-state index is 0.00230. The van der Waals surface area contributed by atoms with Crippen LogP contribution in [0.2, 0.25) is 0 Å². The van der Waals surface area contributed by atoms with Gasteiger partial charge >= 0.3 is 12.0 Å². The fourth-order valence-electron chi connectivity index (χ4n) is 2.00. The summed E-state index contributed by atoms with van der Waals surface area (Å²) in [5.74, 6) is -0.844. The van der Waals surface area contributed by atoms with Crippen LogP contribution in [0.3, 0.4) is 0 Å². The van der Waals surface area contributed by atoms with Gasteiger partial charge in [-0.3, -0.25) is 4.79 Å². The zero-order valence-electron chi connectivity index (χ0n) is 11.7. The molecular formula is C13H24N2O3. The number of aliphatic carboxylic acids is 1. The molecule has 2 unspecified atom stereocenters. The monoisotopic (exact) mass is 256 g/mol. The molecule has 0 aromatic carbocycles. The summed E-state index contributed by atoms with van der Waals surface area (Å²) in [4.78, 5) is 24.5. The number of nitrogens with one attached hydrogen (secondary N) is 1. The van der Waals surface area contributed by atoms with E-state index in [2.05, 4.69) is 26.1 Å². The van der Waals surface area contributed by atoms with E-state index in [-0.39, 0.29) is 30.0 Å². The summed E-state index contributed by atoms with van der Waals surface area (Å²) in [6.07, 6.45) is 1.70. The Morgan fingerprint density at radius 1 is 1.44 bits per heavy atom. The molecule has 1 fully saturated rings. The van der Waals surface area contributed by atoms with Crippen molar-refractivity contribution in [3.63, 3.8) is 0 Å². The lowest BCUT2D eigenvalue weighted by Crippen LogP contribution is -2.50. The largest absolute Gasteiger partial charge is 0.481 e. The van der Waals surface area contributed by atoms with Crippen LogP contribution in [0.5, 0.6) is 0 Å². The molecule has 5 heteroatoms. The van der Waals surface area contributed by atoms with Crippen molar-refractivity contribution in [1.29, 1.82) is 0 Å². The third kappa shape index (κ3) is 3.89. The van der Waals surface area contributed by atoms with Gasteiger partial charge in [0.05, 0.1) is 6.42 Å². The molecule has 2 amide bonds. The molecule has 1 saturated heterocycles. The molecular weight excluding hydrogens is 232 g/mol. The van der Waals surface area contributed by atoms with E-state index in [9.17, 15) is 9.59 Å². The highest BCUT2D eigenvalue weighted by molar-refractivity contribution is 5.76. The van der Waals surface area contributed by atoms with Crippen molar-refractivity contribution >= 4 is 12.0 Å². The highest BCUT2D eigenvalue weighted by Gasteiger charge is 2.32. The topological polar surface area (TPSA) is 69.6 Å². The van der Waals surface area contributed by atoms with Crippen LogP contribution in [0.25, 0.3) is 0 Å². The van der Waals surface area contributed by atoms with Crippen molar-refractivity contribution in [2.75, 3.05) is 6.54 Å². The van der Waals surface area contributed by atoms with Crippen LogP contribution >= 0.6 is 0 Å². The fourth-order valence-corrected chi connectivity index (χ4v) is 2.00. The van der Waals surface area contributed by atoms with E-state index in [1.807, 2.05) is 6.92 Å². The number of hydrogen-bond acceptors (Lipinski definition) is 2. The second kappa shape index (κ2) is 5.59. The number of carbonyl (C=O) groups is 2. The molecule has 1 aliphatic rings. The van der Waals surface area contributed by atoms with Gasteiger partial charge in [-0.2, -0.15) is 0 Å². The first kappa shape index (κ1) is 14.8. The van der Waals surface area contributed by atoms with Crippen LogP contribution in [0.4, 0.5) is 4.79 Å². The maximum Gasteiger partial charge on any atom is 0.317 e. The van der Waals surface area contributed by atoms with Gasteiger partial charge in [-0.25, -0.2) is 4.79 Å². The average Bonchev–Trinajstić information content (AvgIpc) is 2.63. The molecule has 0 saturated carbocycles. The molecule has 2 atom stereocenters. The SMILES string of the molecule is CC(NC(=O)N1CCCC1CC(=O)O)C(C)(C)C. The maximum absolute atomic E-state index is 12.1. The van der Waals surface area contributed by atoms with Gasteiger partial charge in [-0.1, -0.05) is 20.8 Å². The number of urea groups is 1. The average molecular weight is 256 g/mol. The van der Waals surface area contributed by atoms with Gasteiger partial charge in [0.1, 0.15) is 0 Å². The van der Waals surface area contributed by atoms with Gasteiger partial charge < -0.3 is 15.3 Å². The van der Waals surface area contributed by atoms with Crippen LogP contribution < -0.4 is 5.32 Å². The summed E-state index contributed by atoms with van der Waals surface area (Å²) in [5.41, 5.74) is -0.00230. The number of rotatable bonds is 3. The molecule has 1 rings (SSSR count). The van der Waals surface area contributed by atoms with Gasteiger partial charge in [0.15, 0.2) is 0 Å².